The Morgan fingerprint density at radius 3 is 2.75 bits per heavy atom. The molecule has 3 N–H and O–H groups in total. The van der Waals surface area contributed by atoms with Crippen LogP contribution in [-0.4, -0.2) is 10.9 Å². The van der Waals surface area contributed by atoms with Crippen LogP contribution in [0.2, 0.25) is 0 Å². The predicted octanol–water partition coefficient (Wildman–Crippen LogP) is 4.93. The van der Waals surface area contributed by atoms with Crippen LogP contribution in [-0.2, 0) is 6.42 Å². The van der Waals surface area contributed by atoms with Crippen molar-refractivity contribution in [2.75, 3.05) is 11.1 Å². The lowest BCUT2D eigenvalue weighted by Crippen LogP contribution is -2.12. The number of aromatic nitrogens is 1. The third-order valence-corrected chi connectivity index (χ3v) is 5.65. The second-order valence-electron chi connectivity index (χ2n) is 6.03. The van der Waals surface area contributed by atoms with Gasteiger partial charge in [0.1, 0.15) is 9.71 Å². The van der Waals surface area contributed by atoms with E-state index >= 15 is 0 Å². The van der Waals surface area contributed by atoms with E-state index in [2.05, 4.69) is 46.7 Å². The highest BCUT2D eigenvalue weighted by atomic mass is 127. The molecule has 3 rings (SSSR count). The van der Waals surface area contributed by atoms with Crippen molar-refractivity contribution in [3.63, 3.8) is 0 Å². The molecule has 6 heteroatoms. The smallest absolute Gasteiger partial charge is 0.267 e. The summed E-state index contributed by atoms with van der Waals surface area (Å²) in [5.74, 6) is 0.347. The number of fused-ring (bicyclic) bond motifs is 1. The van der Waals surface area contributed by atoms with Crippen molar-refractivity contribution in [3.8, 4) is 0 Å². The molecule has 24 heavy (non-hydrogen) atoms. The minimum Gasteiger partial charge on any atom is -0.397 e. The molecule has 2 aromatic heterocycles. The number of pyridine rings is 1. The molecular formula is C18H18IN3OS. The lowest BCUT2D eigenvalue weighted by molar-refractivity contribution is 0.103. The highest BCUT2D eigenvalue weighted by molar-refractivity contribution is 14.1. The van der Waals surface area contributed by atoms with Gasteiger partial charge in [-0.3, -0.25) is 4.79 Å². The summed E-state index contributed by atoms with van der Waals surface area (Å²) in [5, 5.41) is 3.78. The number of anilines is 2. The summed E-state index contributed by atoms with van der Waals surface area (Å²) in [6.07, 6.45) is 0.914. The van der Waals surface area contributed by atoms with Gasteiger partial charge in [0, 0.05) is 14.7 Å². The molecule has 0 spiro atoms. The van der Waals surface area contributed by atoms with Crippen LogP contribution in [0.3, 0.4) is 0 Å². The van der Waals surface area contributed by atoms with Gasteiger partial charge in [0.15, 0.2) is 0 Å². The average molecular weight is 451 g/mol. The monoisotopic (exact) mass is 451 g/mol. The maximum Gasteiger partial charge on any atom is 0.267 e. The largest absolute Gasteiger partial charge is 0.397 e. The number of rotatable bonds is 4. The topological polar surface area (TPSA) is 68.0 Å². The molecule has 1 aromatic carbocycles. The van der Waals surface area contributed by atoms with Gasteiger partial charge in [-0.25, -0.2) is 4.98 Å². The number of amides is 1. The number of nitrogens with zero attached hydrogens (tertiary/aromatic N) is 1. The van der Waals surface area contributed by atoms with Crippen molar-refractivity contribution in [1.82, 2.24) is 4.98 Å². The van der Waals surface area contributed by atoms with E-state index in [1.54, 1.807) is 0 Å². The predicted molar refractivity (Wildman–Crippen MR) is 110 cm³/mol. The molecule has 0 aliphatic rings. The summed E-state index contributed by atoms with van der Waals surface area (Å²) in [6, 6.07) is 11.6. The molecule has 0 unspecified atom stereocenters. The molecule has 0 bridgehead atoms. The molecule has 0 aliphatic heterocycles. The molecule has 0 saturated heterocycles. The third-order valence-electron chi connectivity index (χ3n) is 3.60. The molecule has 0 atom stereocenters. The molecule has 4 nitrogen and oxygen atoms in total. The fraction of sp³-hybridized carbons (Fsp3) is 0.222. The highest BCUT2D eigenvalue weighted by Crippen LogP contribution is 2.33. The van der Waals surface area contributed by atoms with Gasteiger partial charge in [0.05, 0.1) is 11.4 Å². The molecular weight excluding hydrogens is 433 g/mol. The van der Waals surface area contributed by atoms with Crippen molar-refractivity contribution in [2.24, 2.45) is 5.92 Å². The number of hydrogen-bond acceptors (Lipinski definition) is 4. The SMILES string of the molecule is CC(C)Cc1ccc2c(N)c(C(=O)Nc3ccccc3I)sc2n1. The van der Waals surface area contributed by atoms with Gasteiger partial charge in [-0.15, -0.1) is 11.3 Å². The molecule has 0 saturated carbocycles. The van der Waals surface area contributed by atoms with Gasteiger partial charge in [0.2, 0.25) is 0 Å². The second kappa shape index (κ2) is 7.06. The lowest BCUT2D eigenvalue weighted by atomic mass is 10.1. The molecule has 2 heterocycles. The van der Waals surface area contributed by atoms with E-state index in [9.17, 15) is 4.79 Å². The number of nitrogens with one attached hydrogen (secondary N) is 1. The van der Waals surface area contributed by atoms with Crippen LogP contribution in [0.5, 0.6) is 0 Å². The van der Waals surface area contributed by atoms with E-state index in [0.717, 1.165) is 31.6 Å². The van der Waals surface area contributed by atoms with E-state index in [4.69, 9.17) is 5.73 Å². The number of halogens is 1. The Labute approximate surface area is 158 Å². The first kappa shape index (κ1) is 17.2. The van der Waals surface area contributed by atoms with Gasteiger partial charge in [-0.05, 0) is 59.2 Å². The molecule has 0 fully saturated rings. The maximum absolute atomic E-state index is 12.6. The Hall–Kier alpha value is -1.67. The van der Waals surface area contributed by atoms with Gasteiger partial charge in [0.25, 0.3) is 5.91 Å². The zero-order valence-electron chi connectivity index (χ0n) is 13.5. The van der Waals surface area contributed by atoms with Crippen LogP contribution in [0.4, 0.5) is 11.4 Å². The number of carbonyl (C=O) groups is 1. The molecule has 1 amide bonds. The Bertz CT molecular complexity index is 904. The van der Waals surface area contributed by atoms with Gasteiger partial charge >= 0.3 is 0 Å². The van der Waals surface area contributed by atoms with Crippen molar-refractivity contribution < 1.29 is 4.79 Å². The number of nitrogens with two attached hydrogens (primary N) is 1. The highest BCUT2D eigenvalue weighted by Gasteiger charge is 2.18. The summed E-state index contributed by atoms with van der Waals surface area (Å²) < 4.78 is 0.987. The van der Waals surface area contributed by atoms with Crippen LogP contribution in [0.1, 0.15) is 29.2 Å². The standard InChI is InChI=1S/C18H18IN3OS/c1-10(2)9-11-7-8-12-15(20)16(24-18(12)21-11)17(23)22-14-6-4-3-5-13(14)19/h3-8,10H,9,20H2,1-2H3,(H,22,23). The lowest BCUT2D eigenvalue weighted by Gasteiger charge is -2.06. The number of benzene rings is 1. The molecule has 0 radical (unpaired) electrons. The molecule has 124 valence electrons. The van der Waals surface area contributed by atoms with Crippen LogP contribution in [0.25, 0.3) is 10.2 Å². The Morgan fingerprint density at radius 1 is 1.29 bits per heavy atom. The number of carbonyl (C=O) groups excluding carboxylic acids is 1. The fourth-order valence-electron chi connectivity index (χ4n) is 2.48. The van der Waals surface area contributed by atoms with Crippen molar-refractivity contribution in [3.05, 3.63) is 50.5 Å². The zero-order valence-corrected chi connectivity index (χ0v) is 16.4. The first-order valence-electron chi connectivity index (χ1n) is 7.69. The first-order valence-corrected chi connectivity index (χ1v) is 9.59. The van der Waals surface area contributed by atoms with Crippen LogP contribution >= 0.6 is 33.9 Å². The summed E-state index contributed by atoms with van der Waals surface area (Å²) in [5.41, 5.74) is 8.51. The van der Waals surface area contributed by atoms with Gasteiger partial charge in [-0.1, -0.05) is 26.0 Å². The number of hydrogen-bond donors (Lipinski definition) is 2. The van der Waals surface area contributed by atoms with Crippen LogP contribution in [0.15, 0.2) is 36.4 Å². The number of para-hydroxylation sites is 1. The minimum absolute atomic E-state index is 0.190. The number of nitrogen functional groups attached to an aromatic ring is 1. The van der Waals surface area contributed by atoms with E-state index < -0.39 is 0 Å². The zero-order chi connectivity index (χ0) is 17.3. The maximum atomic E-state index is 12.6. The van der Waals surface area contributed by atoms with E-state index in [0.29, 0.717) is 16.5 Å². The van der Waals surface area contributed by atoms with Crippen molar-refractivity contribution in [1.29, 1.82) is 0 Å². The fourth-order valence-corrected chi connectivity index (χ4v) is 4.01. The Balaban J connectivity index is 1.93. The van der Waals surface area contributed by atoms with Crippen LogP contribution < -0.4 is 11.1 Å². The van der Waals surface area contributed by atoms with E-state index in [1.165, 1.54) is 11.3 Å². The van der Waals surface area contributed by atoms with E-state index in [1.807, 2.05) is 36.4 Å². The molecule has 3 aromatic rings. The van der Waals surface area contributed by atoms with Gasteiger partial charge in [-0.2, -0.15) is 0 Å². The number of thiophene rings is 1. The summed E-state index contributed by atoms with van der Waals surface area (Å²) in [6.45, 7) is 4.32. The van der Waals surface area contributed by atoms with Crippen LogP contribution in [0, 0.1) is 9.49 Å². The van der Waals surface area contributed by atoms with Crippen molar-refractivity contribution >= 4 is 61.4 Å². The summed E-state index contributed by atoms with van der Waals surface area (Å²) in [4.78, 5) is 18.6. The van der Waals surface area contributed by atoms with E-state index in [-0.39, 0.29) is 5.91 Å². The average Bonchev–Trinajstić information content (AvgIpc) is 2.85. The second-order valence-corrected chi connectivity index (χ2v) is 8.19. The third kappa shape index (κ3) is 3.54. The summed E-state index contributed by atoms with van der Waals surface area (Å²) in [7, 11) is 0. The first-order chi connectivity index (χ1) is 11.5. The quantitative estimate of drug-likeness (QED) is 0.553. The normalized spacial score (nSPS) is 11.2. The summed E-state index contributed by atoms with van der Waals surface area (Å²) >= 11 is 3.54. The minimum atomic E-state index is -0.190. The Kier molecular flexibility index (Phi) is 5.05. The molecule has 0 aliphatic carbocycles. The van der Waals surface area contributed by atoms with Crippen molar-refractivity contribution in [2.45, 2.75) is 20.3 Å². The Morgan fingerprint density at radius 2 is 2.04 bits per heavy atom. The van der Waals surface area contributed by atoms with Gasteiger partial charge < -0.3 is 11.1 Å².